The van der Waals surface area contributed by atoms with Gasteiger partial charge in [0.2, 0.25) is 0 Å². The molecule has 1 aromatic heterocycles. The molecule has 0 aliphatic heterocycles. The summed E-state index contributed by atoms with van der Waals surface area (Å²) in [5.41, 5.74) is 2.38. The van der Waals surface area contributed by atoms with Crippen molar-refractivity contribution in [2.24, 2.45) is 0 Å². The third kappa shape index (κ3) is 2.80. The van der Waals surface area contributed by atoms with Gasteiger partial charge in [-0.3, -0.25) is 0 Å². The third-order valence-corrected chi connectivity index (χ3v) is 3.31. The minimum Gasteiger partial charge on any atom is -0.313 e. The van der Waals surface area contributed by atoms with E-state index in [4.69, 9.17) is 11.6 Å². The molecule has 0 saturated carbocycles. The summed E-state index contributed by atoms with van der Waals surface area (Å²) in [6, 6.07) is 4.66. The van der Waals surface area contributed by atoms with Gasteiger partial charge in [0.25, 0.3) is 0 Å². The average Bonchev–Trinajstić information content (AvgIpc) is 2.79. The van der Waals surface area contributed by atoms with E-state index in [9.17, 15) is 4.39 Å². The maximum atomic E-state index is 14.0. The number of halogens is 2. The molecule has 2 aromatic rings. The Bertz CT molecular complexity index is 546. The Morgan fingerprint density at radius 1 is 1.37 bits per heavy atom. The number of hydrogen-bond acceptors (Lipinski definition) is 2. The van der Waals surface area contributed by atoms with Gasteiger partial charge in [0.1, 0.15) is 11.5 Å². The summed E-state index contributed by atoms with van der Waals surface area (Å²) in [6.45, 7) is 5.68. The van der Waals surface area contributed by atoms with Gasteiger partial charge in [-0.25, -0.2) is 9.07 Å². The van der Waals surface area contributed by atoms with Crippen molar-refractivity contribution in [1.29, 1.82) is 0 Å². The molecule has 0 fully saturated rings. The van der Waals surface area contributed by atoms with Crippen molar-refractivity contribution in [2.75, 3.05) is 6.54 Å². The van der Waals surface area contributed by atoms with Crippen LogP contribution in [0.5, 0.6) is 0 Å². The highest BCUT2D eigenvalue weighted by molar-refractivity contribution is 6.32. The fourth-order valence-corrected chi connectivity index (χ4v) is 2.32. The van der Waals surface area contributed by atoms with Crippen LogP contribution in [-0.2, 0) is 13.0 Å². The molecule has 0 atom stereocenters. The van der Waals surface area contributed by atoms with Crippen molar-refractivity contribution in [3.8, 4) is 5.69 Å². The monoisotopic (exact) mass is 281 g/mol. The molecule has 1 aromatic carbocycles. The molecular formula is C14H17ClFN3. The molecule has 1 heterocycles. The van der Waals surface area contributed by atoms with E-state index < -0.39 is 0 Å². The number of nitrogens with one attached hydrogen (secondary N) is 1. The van der Waals surface area contributed by atoms with Gasteiger partial charge in [0.05, 0.1) is 11.2 Å². The average molecular weight is 282 g/mol. The highest BCUT2D eigenvalue weighted by atomic mass is 35.5. The fourth-order valence-electron chi connectivity index (χ4n) is 2.08. The number of benzene rings is 1. The topological polar surface area (TPSA) is 29.9 Å². The van der Waals surface area contributed by atoms with Crippen LogP contribution in [0.1, 0.15) is 25.1 Å². The van der Waals surface area contributed by atoms with E-state index >= 15 is 0 Å². The minimum absolute atomic E-state index is 0.323. The molecule has 2 rings (SSSR count). The molecule has 5 heteroatoms. The normalized spacial score (nSPS) is 10.9. The third-order valence-electron chi connectivity index (χ3n) is 3.01. The van der Waals surface area contributed by atoms with Crippen LogP contribution in [0, 0.1) is 5.82 Å². The summed E-state index contributed by atoms with van der Waals surface area (Å²) >= 11 is 6.09. The molecule has 102 valence electrons. The summed E-state index contributed by atoms with van der Waals surface area (Å²) in [5.74, 6) is -0.361. The molecule has 1 N–H and O–H groups in total. The van der Waals surface area contributed by atoms with E-state index in [0.717, 1.165) is 30.8 Å². The molecule has 0 aliphatic carbocycles. The summed E-state index contributed by atoms with van der Waals surface area (Å²) in [5, 5.41) is 7.91. The predicted octanol–water partition coefficient (Wildman–Crippen LogP) is 3.34. The zero-order valence-corrected chi connectivity index (χ0v) is 11.8. The molecule has 0 amide bonds. The number of para-hydroxylation sites is 1. The smallest absolute Gasteiger partial charge is 0.150 e. The Kier molecular flexibility index (Phi) is 4.56. The molecule has 0 bridgehead atoms. The lowest BCUT2D eigenvalue weighted by Gasteiger charge is -2.10. The molecule has 19 heavy (non-hydrogen) atoms. The Morgan fingerprint density at radius 3 is 2.79 bits per heavy atom. The Labute approximate surface area is 117 Å². The molecule has 0 spiro atoms. The fraction of sp³-hybridized carbons (Fsp3) is 0.357. The number of nitrogens with zero attached hydrogens (tertiary/aromatic N) is 2. The number of hydrogen-bond donors (Lipinski definition) is 1. The Balaban J connectivity index is 2.48. The van der Waals surface area contributed by atoms with Crippen molar-refractivity contribution in [1.82, 2.24) is 15.1 Å². The largest absolute Gasteiger partial charge is 0.313 e. The quantitative estimate of drug-likeness (QED) is 0.911. The first kappa shape index (κ1) is 14.0. The van der Waals surface area contributed by atoms with E-state index in [0.29, 0.717) is 10.7 Å². The predicted molar refractivity (Wildman–Crippen MR) is 75.3 cm³/mol. The zero-order valence-electron chi connectivity index (χ0n) is 11.1. The Hall–Kier alpha value is -1.39. The SMILES string of the molecule is CCNCc1cnn(-c2c(F)cccc2Cl)c1CC. The van der Waals surface area contributed by atoms with Gasteiger partial charge in [0, 0.05) is 17.8 Å². The second-order valence-electron chi connectivity index (χ2n) is 4.23. The van der Waals surface area contributed by atoms with E-state index in [-0.39, 0.29) is 5.82 Å². The van der Waals surface area contributed by atoms with Gasteiger partial charge < -0.3 is 5.32 Å². The van der Waals surface area contributed by atoms with Crippen LogP contribution in [0.15, 0.2) is 24.4 Å². The van der Waals surface area contributed by atoms with Crippen LogP contribution >= 0.6 is 11.6 Å². The maximum absolute atomic E-state index is 14.0. The molecule has 0 radical (unpaired) electrons. The van der Waals surface area contributed by atoms with Gasteiger partial charge >= 0.3 is 0 Å². The van der Waals surface area contributed by atoms with Crippen molar-refractivity contribution in [3.05, 3.63) is 46.5 Å². The van der Waals surface area contributed by atoms with E-state index in [1.165, 1.54) is 6.07 Å². The van der Waals surface area contributed by atoms with Crippen LogP contribution in [-0.4, -0.2) is 16.3 Å². The molecular weight excluding hydrogens is 265 g/mol. The van der Waals surface area contributed by atoms with Crippen molar-refractivity contribution >= 4 is 11.6 Å². The van der Waals surface area contributed by atoms with Crippen molar-refractivity contribution in [3.63, 3.8) is 0 Å². The van der Waals surface area contributed by atoms with E-state index in [2.05, 4.69) is 10.4 Å². The number of aromatic nitrogens is 2. The Morgan fingerprint density at radius 2 is 2.16 bits per heavy atom. The van der Waals surface area contributed by atoms with Gasteiger partial charge in [-0.15, -0.1) is 0 Å². The molecule has 0 saturated heterocycles. The number of rotatable bonds is 5. The summed E-state index contributed by atoms with van der Waals surface area (Å²) in [7, 11) is 0. The summed E-state index contributed by atoms with van der Waals surface area (Å²) in [6.07, 6.45) is 2.54. The standard InChI is InChI=1S/C14H17ClFN3/c1-3-13-10(8-17-4-2)9-18-19(13)14-11(15)6-5-7-12(14)16/h5-7,9,17H,3-4,8H2,1-2H3. The maximum Gasteiger partial charge on any atom is 0.150 e. The second-order valence-corrected chi connectivity index (χ2v) is 4.64. The van der Waals surface area contributed by atoms with Crippen LogP contribution in [0.2, 0.25) is 5.02 Å². The highest BCUT2D eigenvalue weighted by Crippen LogP contribution is 2.25. The second kappa shape index (κ2) is 6.17. The van der Waals surface area contributed by atoms with Gasteiger partial charge in [-0.2, -0.15) is 5.10 Å². The van der Waals surface area contributed by atoms with Crippen LogP contribution in [0.25, 0.3) is 5.69 Å². The first-order chi connectivity index (χ1) is 9.19. The molecule has 0 unspecified atom stereocenters. The minimum atomic E-state index is -0.361. The van der Waals surface area contributed by atoms with Gasteiger partial charge in [0.15, 0.2) is 0 Å². The van der Waals surface area contributed by atoms with E-state index in [1.807, 2.05) is 13.8 Å². The first-order valence-corrected chi connectivity index (χ1v) is 6.77. The van der Waals surface area contributed by atoms with Gasteiger partial charge in [-0.1, -0.05) is 31.5 Å². The highest BCUT2D eigenvalue weighted by Gasteiger charge is 2.16. The van der Waals surface area contributed by atoms with Crippen LogP contribution in [0.4, 0.5) is 4.39 Å². The summed E-state index contributed by atoms with van der Waals surface area (Å²) < 4.78 is 15.6. The van der Waals surface area contributed by atoms with Crippen LogP contribution in [0.3, 0.4) is 0 Å². The zero-order chi connectivity index (χ0) is 13.8. The lowest BCUT2D eigenvalue weighted by Crippen LogP contribution is -2.13. The lowest BCUT2D eigenvalue weighted by atomic mass is 10.2. The van der Waals surface area contributed by atoms with Crippen LogP contribution < -0.4 is 5.32 Å². The van der Waals surface area contributed by atoms with Crippen molar-refractivity contribution < 1.29 is 4.39 Å². The lowest BCUT2D eigenvalue weighted by molar-refractivity contribution is 0.606. The van der Waals surface area contributed by atoms with Gasteiger partial charge in [-0.05, 0) is 25.1 Å². The summed E-state index contributed by atoms with van der Waals surface area (Å²) in [4.78, 5) is 0. The molecule has 0 aliphatic rings. The first-order valence-electron chi connectivity index (χ1n) is 6.39. The van der Waals surface area contributed by atoms with Crippen molar-refractivity contribution in [2.45, 2.75) is 26.8 Å². The molecule has 3 nitrogen and oxygen atoms in total. The van der Waals surface area contributed by atoms with E-state index in [1.54, 1.807) is 23.0 Å².